The molecule has 0 bridgehead atoms. The van der Waals surface area contributed by atoms with Crippen LogP contribution >= 0.6 is 11.8 Å². The lowest BCUT2D eigenvalue weighted by Gasteiger charge is -2.31. The first kappa shape index (κ1) is 15.3. The average Bonchev–Trinajstić information content (AvgIpc) is 2.14. The van der Waals surface area contributed by atoms with Crippen LogP contribution in [0.3, 0.4) is 0 Å². The van der Waals surface area contributed by atoms with Gasteiger partial charge in [-0.05, 0) is 24.1 Å². The summed E-state index contributed by atoms with van der Waals surface area (Å²) in [5, 5.41) is 3.56. The highest BCUT2D eigenvalue weighted by atomic mass is 32.2. The van der Waals surface area contributed by atoms with E-state index in [0.717, 1.165) is 19.6 Å². The predicted octanol–water partition coefficient (Wildman–Crippen LogP) is 2.78. The second kappa shape index (κ2) is 8.43. The van der Waals surface area contributed by atoms with Gasteiger partial charge in [-0.3, -0.25) is 0 Å². The number of thioether (sulfide) groups is 1. The highest BCUT2D eigenvalue weighted by Gasteiger charge is 2.22. The van der Waals surface area contributed by atoms with E-state index in [2.05, 4.69) is 33.0 Å². The Morgan fingerprint density at radius 1 is 1.33 bits per heavy atom. The summed E-state index contributed by atoms with van der Waals surface area (Å²) < 4.78 is 5.03. The lowest BCUT2D eigenvalue weighted by Crippen LogP contribution is -2.42. The van der Waals surface area contributed by atoms with E-state index in [1.54, 1.807) is 7.11 Å². The van der Waals surface area contributed by atoms with Crippen LogP contribution in [0.25, 0.3) is 0 Å². The molecule has 0 aromatic carbocycles. The van der Waals surface area contributed by atoms with Gasteiger partial charge in [0.2, 0.25) is 0 Å². The lowest BCUT2D eigenvalue weighted by molar-refractivity contribution is 0.200. The number of nitrogens with one attached hydrogen (secondary N) is 1. The third-order valence-corrected chi connectivity index (χ3v) is 3.56. The van der Waals surface area contributed by atoms with Crippen LogP contribution in [0.5, 0.6) is 0 Å². The number of hydrogen-bond donors (Lipinski definition) is 1. The Balaban J connectivity index is 3.67. The SMILES string of the molecule is CCNC(CSCCCOC)C(C)(C)C. The standard InChI is InChI=1S/C12H27NOS/c1-6-13-11(12(2,3)4)10-15-9-7-8-14-5/h11,13H,6-10H2,1-5H3. The molecule has 92 valence electrons. The summed E-state index contributed by atoms with van der Waals surface area (Å²) in [6, 6.07) is 0.607. The van der Waals surface area contributed by atoms with Crippen molar-refractivity contribution in [2.45, 2.75) is 40.2 Å². The molecule has 0 fully saturated rings. The number of ether oxygens (including phenoxy) is 1. The minimum atomic E-state index is 0.351. The molecule has 1 N–H and O–H groups in total. The molecule has 0 saturated carbocycles. The van der Waals surface area contributed by atoms with Crippen molar-refractivity contribution < 1.29 is 4.74 Å². The van der Waals surface area contributed by atoms with Crippen LogP contribution in [0, 0.1) is 5.41 Å². The molecule has 0 aliphatic rings. The molecule has 0 radical (unpaired) electrons. The number of methoxy groups -OCH3 is 1. The van der Waals surface area contributed by atoms with Crippen molar-refractivity contribution in [2.75, 3.05) is 31.8 Å². The van der Waals surface area contributed by atoms with Crippen molar-refractivity contribution in [1.29, 1.82) is 0 Å². The van der Waals surface area contributed by atoms with Crippen molar-refractivity contribution in [3.05, 3.63) is 0 Å². The van der Waals surface area contributed by atoms with Crippen molar-refractivity contribution in [3.8, 4) is 0 Å². The topological polar surface area (TPSA) is 21.3 Å². The van der Waals surface area contributed by atoms with Crippen LogP contribution in [0.2, 0.25) is 0 Å². The molecular weight excluding hydrogens is 206 g/mol. The second-order valence-electron chi connectivity index (χ2n) is 4.90. The van der Waals surface area contributed by atoms with Gasteiger partial charge in [0.25, 0.3) is 0 Å². The molecule has 0 aromatic heterocycles. The Kier molecular flexibility index (Phi) is 8.58. The third kappa shape index (κ3) is 8.12. The highest BCUT2D eigenvalue weighted by Crippen LogP contribution is 2.22. The quantitative estimate of drug-likeness (QED) is 0.651. The normalized spacial score (nSPS) is 14.2. The molecule has 0 aromatic rings. The predicted molar refractivity (Wildman–Crippen MR) is 70.7 cm³/mol. The van der Waals surface area contributed by atoms with E-state index in [9.17, 15) is 0 Å². The monoisotopic (exact) mass is 233 g/mol. The minimum absolute atomic E-state index is 0.351. The maximum absolute atomic E-state index is 5.03. The van der Waals surface area contributed by atoms with Gasteiger partial charge >= 0.3 is 0 Å². The van der Waals surface area contributed by atoms with Crippen molar-refractivity contribution >= 4 is 11.8 Å². The van der Waals surface area contributed by atoms with Crippen LogP contribution < -0.4 is 5.32 Å². The molecule has 0 amide bonds. The molecule has 0 saturated heterocycles. The summed E-state index contributed by atoms with van der Waals surface area (Å²) in [6.07, 6.45) is 1.16. The zero-order valence-electron chi connectivity index (χ0n) is 10.9. The molecule has 15 heavy (non-hydrogen) atoms. The Morgan fingerprint density at radius 3 is 2.47 bits per heavy atom. The van der Waals surface area contributed by atoms with Crippen molar-refractivity contribution in [1.82, 2.24) is 5.32 Å². The zero-order chi connectivity index (χ0) is 11.7. The van der Waals surface area contributed by atoms with Gasteiger partial charge in [0.1, 0.15) is 0 Å². The van der Waals surface area contributed by atoms with Gasteiger partial charge in [-0.25, -0.2) is 0 Å². The van der Waals surface area contributed by atoms with Crippen molar-refractivity contribution in [3.63, 3.8) is 0 Å². The fraction of sp³-hybridized carbons (Fsp3) is 1.00. The molecule has 2 nitrogen and oxygen atoms in total. The number of rotatable bonds is 8. The van der Waals surface area contributed by atoms with E-state index >= 15 is 0 Å². The van der Waals surface area contributed by atoms with Crippen molar-refractivity contribution in [2.24, 2.45) is 5.41 Å². The minimum Gasteiger partial charge on any atom is -0.385 e. The first-order valence-corrected chi connectivity index (χ1v) is 6.98. The van der Waals surface area contributed by atoms with Gasteiger partial charge in [0.05, 0.1) is 0 Å². The van der Waals surface area contributed by atoms with Gasteiger partial charge in [-0.15, -0.1) is 0 Å². The summed E-state index contributed by atoms with van der Waals surface area (Å²) in [5.74, 6) is 2.40. The summed E-state index contributed by atoms with van der Waals surface area (Å²) in [6.45, 7) is 11.0. The van der Waals surface area contributed by atoms with Crippen LogP contribution in [0.4, 0.5) is 0 Å². The van der Waals surface area contributed by atoms with Gasteiger partial charge < -0.3 is 10.1 Å². The van der Waals surface area contributed by atoms with Gasteiger partial charge in [0, 0.05) is 25.5 Å². The van der Waals surface area contributed by atoms with E-state index in [-0.39, 0.29) is 0 Å². The Morgan fingerprint density at radius 2 is 2.00 bits per heavy atom. The largest absolute Gasteiger partial charge is 0.385 e. The van der Waals surface area contributed by atoms with Gasteiger partial charge in [0.15, 0.2) is 0 Å². The molecule has 0 spiro atoms. The zero-order valence-corrected chi connectivity index (χ0v) is 11.7. The first-order valence-electron chi connectivity index (χ1n) is 5.82. The third-order valence-electron chi connectivity index (χ3n) is 2.42. The summed E-state index contributed by atoms with van der Waals surface area (Å²) >= 11 is 2.03. The maximum Gasteiger partial charge on any atom is 0.0470 e. The molecule has 0 heterocycles. The van der Waals surface area contributed by atoms with Crippen LogP contribution in [-0.2, 0) is 4.74 Å². The van der Waals surface area contributed by atoms with E-state index in [1.165, 1.54) is 11.5 Å². The highest BCUT2D eigenvalue weighted by molar-refractivity contribution is 7.99. The molecule has 1 atom stereocenters. The summed E-state index contributed by atoms with van der Waals surface area (Å²) in [7, 11) is 1.77. The fourth-order valence-electron chi connectivity index (χ4n) is 1.37. The Labute approximate surface area is 99.5 Å². The maximum atomic E-state index is 5.03. The fourth-order valence-corrected chi connectivity index (χ4v) is 2.71. The average molecular weight is 233 g/mol. The van der Waals surface area contributed by atoms with Crippen LogP contribution in [0.15, 0.2) is 0 Å². The molecule has 3 heteroatoms. The van der Waals surface area contributed by atoms with E-state index in [0.29, 0.717) is 11.5 Å². The van der Waals surface area contributed by atoms with Gasteiger partial charge in [-0.2, -0.15) is 11.8 Å². The molecule has 0 rings (SSSR count). The lowest BCUT2D eigenvalue weighted by atomic mass is 9.88. The second-order valence-corrected chi connectivity index (χ2v) is 6.05. The van der Waals surface area contributed by atoms with Gasteiger partial charge in [-0.1, -0.05) is 27.7 Å². The molecule has 1 unspecified atom stereocenters. The van der Waals surface area contributed by atoms with Crippen LogP contribution in [0.1, 0.15) is 34.1 Å². The van der Waals surface area contributed by atoms with E-state index in [1.807, 2.05) is 11.8 Å². The Bertz CT molecular complexity index is 145. The molecule has 0 aliphatic carbocycles. The first-order chi connectivity index (χ1) is 7.02. The Hall–Kier alpha value is 0.270. The van der Waals surface area contributed by atoms with E-state index in [4.69, 9.17) is 4.74 Å². The molecular formula is C12H27NOS. The summed E-state index contributed by atoms with van der Waals surface area (Å²) in [4.78, 5) is 0. The van der Waals surface area contributed by atoms with Crippen LogP contribution in [-0.4, -0.2) is 37.8 Å². The van der Waals surface area contributed by atoms with E-state index < -0.39 is 0 Å². The molecule has 0 aliphatic heterocycles. The number of hydrogen-bond acceptors (Lipinski definition) is 3. The smallest absolute Gasteiger partial charge is 0.0470 e. The summed E-state index contributed by atoms with van der Waals surface area (Å²) in [5.41, 5.74) is 0.351.